The first-order chi connectivity index (χ1) is 22.7. The van der Waals surface area contributed by atoms with E-state index in [1.165, 1.54) is 33.9 Å². The van der Waals surface area contributed by atoms with Crippen molar-refractivity contribution < 1.29 is 40.8 Å². The predicted octanol–water partition coefficient (Wildman–Crippen LogP) is 2.55. The van der Waals surface area contributed by atoms with Gasteiger partial charge in [0.2, 0.25) is 11.6 Å². The Balaban J connectivity index is 0.00000625. The molecule has 0 aliphatic carbocycles. The van der Waals surface area contributed by atoms with Crippen LogP contribution < -0.4 is 28.5 Å². The molecule has 0 saturated carbocycles. The molecule has 0 saturated heterocycles. The summed E-state index contributed by atoms with van der Waals surface area (Å²) < 4.78 is 18.5. The minimum Gasteiger partial charge on any atom is -1.00 e. The van der Waals surface area contributed by atoms with E-state index in [-0.39, 0.29) is 29.1 Å². The van der Waals surface area contributed by atoms with Crippen LogP contribution in [0.2, 0.25) is 0 Å². The minimum absolute atomic E-state index is 0. The second kappa shape index (κ2) is 19.2. The van der Waals surface area contributed by atoms with Crippen molar-refractivity contribution in [1.29, 1.82) is 0 Å². The number of rotatable bonds is 20. The van der Waals surface area contributed by atoms with Gasteiger partial charge < -0.3 is 41.7 Å². The number of nitrogens with zero attached hydrogens (tertiary/aromatic N) is 2. The van der Waals surface area contributed by atoms with Crippen LogP contribution in [0, 0.1) is 0 Å². The van der Waals surface area contributed by atoms with Crippen molar-refractivity contribution in [3.8, 4) is 0 Å². The third kappa shape index (κ3) is 10.00. The van der Waals surface area contributed by atoms with Gasteiger partial charge in [0.1, 0.15) is 7.05 Å². The second-order valence-corrected chi connectivity index (χ2v) is 13.2. The summed E-state index contributed by atoms with van der Waals surface area (Å²) in [6, 6.07) is 17.4. The highest BCUT2D eigenvalue weighted by atomic mass is 35.5. The van der Waals surface area contributed by atoms with Gasteiger partial charge >= 0.3 is 0 Å². The van der Waals surface area contributed by atoms with E-state index in [0.29, 0.717) is 59.2 Å². The van der Waals surface area contributed by atoms with E-state index in [2.05, 4.69) is 121 Å². The van der Waals surface area contributed by atoms with Crippen molar-refractivity contribution in [3.05, 3.63) is 83.6 Å². The van der Waals surface area contributed by atoms with E-state index in [1.807, 2.05) is 0 Å². The zero-order chi connectivity index (χ0) is 33.7. The predicted molar refractivity (Wildman–Crippen MR) is 188 cm³/mol. The molecule has 9 nitrogen and oxygen atoms in total. The van der Waals surface area contributed by atoms with E-state index < -0.39 is 0 Å². The SMILES string of the molecule is C[N+]1=C(C=CC=C2N(CCCCCC(=O)NCCOCCOCCOCCON)c3ccccc3C2(C)C)C(C)(C)c2ccccc21.[Cl-]. The lowest BCUT2D eigenvalue weighted by Crippen LogP contribution is -3.00. The van der Waals surface area contributed by atoms with E-state index in [4.69, 9.17) is 20.1 Å². The number of ether oxygens (including phenoxy) is 3. The largest absolute Gasteiger partial charge is 1.00 e. The molecule has 10 heteroatoms. The summed E-state index contributed by atoms with van der Waals surface area (Å²) >= 11 is 0. The Morgan fingerprint density at radius 2 is 1.46 bits per heavy atom. The summed E-state index contributed by atoms with van der Waals surface area (Å²) in [7, 11) is 2.16. The average molecular weight is 683 g/mol. The Bertz CT molecular complexity index is 1420. The maximum Gasteiger partial charge on any atom is 0.220 e. The summed E-state index contributed by atoms with van der Waals surface area (Å²) in [5.41, 5.74) is 7.72. The number of nitrogens with two attached hydrogens (primary N) is 1. The monoisotopic (exact) mass is 682 g/mol. The number of anilines is 1. The molecule has 0 unspecified atom stereocenters. The molecule has 0 bridgehead atoms. The van der Waals surface area contributed by atoms with Crippen LogP contribution in [0.15, 0.2) is 72.5 Å². The molecule has 264 valence electrons. The van der Waals surface area contributed by atoms with Crippen LogP contribution in [0.5, 0.6) is 0 Å². The highest BCUT2D eigenvalue weighted by Gasteiger charge is 2.43. The van der Waals surface area contributed by atoms with Crippen LogP contribution in [0.3, 0.4) is 0 Å². The number of halogens is 1. The maximum atomic E-state index is 12.4. The quantitative estimate of drug-likeness (QED) is 0.126. The standard InChI is InChI=1S/C38H54N4O5.ClH/c1-37(2)30-14-8-10-16-32(30)41(5)34(37)18-13-19-35-38(3,4)31-15-9-11-17-33(31)42(35)22-12-6-7-20-36(43)40-21-23-44-24-25-45-26-27-46-28-29-47-39;/h8-11,13-19H,6-7,12,20-29,39H2,1-5H3;1H. The van der Waals surface area contributed by atoms with Crippen LogP contribution >= 0.6 is 0 Å². The van der Waals surface area contributed by atoms with Crippen LogP contribution in [0.4, 0.5) is 11.4 Å². The Kier molecular flexibility index (Phi) is 15.8. The number of benzene rings is 2. The van der Waals surface area contributed by atoms with Gasteiger partial charge in [-0.2, -0.15) is 4.58 Å². The van der Waals surface area contributed by atoms with Crippen LogP contribution in [0.1, 0.15) is 64.5 Å². The van der Waals surface area contributed by atoms with Gasteiger partial charge in [0.15, 0.2) is 5.71 Å². The van der Waals surface area contributed by atoms with Gasteiger partial charge in [-0.3, -0.25) is 4.79 Å². The molecule has 3 N–H and O–H groups in total. The molecule has 0 fully saturated rings. The summed E-state index contributed by atoms with van der Waals surface area (Å²) in [6.45, 7) is 13.9. The number of fused-ring (bicyclic) bond motifs is 2. The number of unbranched alkanes of at least 4 members (excludes halogenated alkanes) is 2. The summed E-state index contributed by atoms with van der Waals surface area (Å²) in [6.07, 6.45) is 10.2. The molecule has 2 aromatic carbocycles. The molecule has 4 rings (SSSR count). The van der Waals surface area contributed by atoms with E-state index in [0.717, 1.165) is 25.8 Å². The fourth-order valence-electron chi connectivity index (χ4n) is 6.65. The van der Waals surface area contributed by atoms with E-state index in [1.54, 1.807) is 0 Å². The van der Waals surface area contributed by atoms with Crippen LogP contribution in [-0.2, 0) is 34.7 Å². The van der Waals surface area contributed by atoms with Crippen molar-refractivity contribution in [2.75, 3.05) is 71.3 Å². The molecule has 2 heterocycles. The lowest BCUT2D eigenvalue weighted by Gasteiger charge is -2.27. The van der Waals surface area contributed by atoms with Crippen molar-refractivity contribution in [2.45, 2.75) is 64.2 Å². The molecule has 0 radical (unpaired) electrons. The molecule has 2 aliphatic rings. The van der Waals surface area contributed by atoms with Gasteiger partial charge in [-0.25, -0.2) is 5.90 Å². The zero-order valence-corrected chi connectivity index (χ0v) is 30.2. The van der Waals surface area contributed by atoms with Gasteiger partial charge in [0.25, 0.3) is 0 Å². The van der Waals surface area contributed by atoms with E-state index in [9.17, 15) is 4.79 Å². The van der Waals surface area contributed by atoms with E-state index >= 15 is 0 Å². The first-order valence-electron chi connectivity index (χ1n) is 17.0. The van der Waals surface area contributed by atoms with Crippen molar-refractivity contribution in [2.24, 2.45) is 5.90 Å². The van der Waals surface area contributed by atoms with Crippen LogP contribution in [0.25, 0.3) is 0 Å². The maximum absolute atomic E-state index is 12.4. The second-order valence-electron chi connectivity index (χ2n) is 13.2. The minimum atomic E-state index is -0.103. The Morgan fingerprint density at radius 1 is 0.833 bits per heavy atom. The molecule has 1 amide bonds. The Labute approximate surface area is 293 Å². The average Bonchev–Trinajstić information content (AvgIpc) is 3.39. The number of carbonyl (C=O) groups is 1. The smallest absolute Gasteiger partial charge is 0.220 e. The number of amides is 1. The molecular weight excluding hydrogens is 628 g/mol. The molecule has 48 heavy (non-hydrogen) atoms. The summed E-state index contributed by atoms with van der Waals surface area (Å²) in [5, 5.41) is 2.96. The molecule has 0 aromatic heterocycles. The van der Waals surface area contributed by atoms with Gasteiger partial charge in [-0.1, -0.05) is 62.7 Å². The first-order valence-corrected chi connectivity index (χ1v) is 17.0. The van der Waals surface area contributed by atoms with Gasteiger partial charge in [0, 0.05) is 54.0 Å². The molecule has 2 aliphatic heterocycles. The molecule has 0 atom stereocenters. The summed E-state index contributed by atoms with van der Waals surface area (Å²) in [5.74, 6) is 5.00. The first kappa shape index (κ1) is 39.4. The molecule has 2 aromatic rings. The number of carbonyl (C=O) groups excluding carboxylic acids is 1. The van der Waals surface area contributed by atoms with Gasteiger partial charge in [0.05, 0.1) is 51.7 Å². The van der Waals surface area contributed by atoms with Gasteiger partial charge in [-0.15, -0.1) is 0 Å². The van der Waals surface area contributed by atoms with Crippen molar-refractivity contribution in [1.82, 2.24) is 5.32 Å². The lowest BCUT2D eigenvalue weighted by atomic mass is 9.81. The third-order valence-electron chi connectivity index (χ3n) is 9.19. The number of nitrogens with one attached hydrogen (secondary N) is 1. The topological polar surface area (TPSA) is 98.3 Å². The molecule has 0 spiro atoms. The summed E-state index contributed by atoms with van der Waals surface area (Å²) in [4.78, 5) is 19.3. The number of para-hydroxylation sites is 2. The van der Waals surface area contributed by atoms with Crippen molar-refractivity contribution >= 4 is 23.0 Å². The number of hydrogen-bond donors (Lipinski definition) is 2. The number of allylic oxidation sites excluding steroid dienone is 4. The normalized spacial score (nSPS) is 16.8. The fraction of sp³-hybridized carbons (Fsp3) is 0.526. The Hall–Kier alpha value is -3.05. The van der Waals surface area contributed by atoms with Crippen molar-refractivity contribution in [3.63, 3.8) is 0 Å². The highest BCUT2D eigenvalue weighted by molar-refractivity contribution is 6.03. The van der Waals surface area contributed by atoms with Gasteiger partial charge in [-0.05, 0) is 44.4 Å². The molecular formula is C38H55ClN4O5. The van der Waals surface area contributed by atoms with Crippen LogP contribution in [-0.4, -0.2) is 82.6 Å². The Morgan fingerprint density at radius 3 is 2.15 bits per heavy atom. The highest BCUT2D eigenvalue weighted by Crippen LogP contribution is 2.47. The number of hydrogen-bond acceptors (Lipinski definition) is 7. The fourth-order valence-corrected chi connectivity index (χ4v) is 6.65. The zero-order valence-electron chi connectivity index (χ0n) is 29.4. The third-order valence-corrected chi connectivity index (χ3v) is 9.19. The lowest BCUT2D eigenvalue weighted by molar-refractivity contribution is -0.401.